The Morgan fingerprint density at radius 2 is 1.67 bits per heavy atom. The van der Waals surface area contributed by atoms with E-state index in [1.54, 1.807) is 0 Å². The van der Waals surface area contributed by atoms with Crippen LogP contribution < -0.4 is 16.0 Å². The van der Waals surface area contributed by atoms with Crippen LogP contribution in [0.2, 0.25) is 0 Å². The van der Waals surface area contributed by atoms with Gasteiger partial charge in [0, 0.05) is 48.4 Å². The maximum Gasteiger partial charge on any atom is 0.405 e. The van der Waals surface area contributed by atoms with Gasteiger partial charge in [-0.05, 0) is 73.2 Å². The molecule has 3 aromatic carbocycles. The van der Waals surface area contributed by atoms with E-state index in [9.17, 15) is 36.3 Å². The summed E-state index contributed by atoms with van der Waals surface area (Å²) in [5.74, 6) is -5.50. The number of carbonyl (C=O) groups is 2. The van der Waals surface area contributed by atoms with Crippen molar-refractivity contribution in [1.82, 2.24) is 14.9 Å². The number of rotatable bonds is 9. The lowest BCUT2D eigenvalue weighted by atomic mass is 9.84. The summed E-state index contributed by atoms with van der Waals surface area (Å²) in [6.45, 7) is 0.704. The number of carbonyl (C=O) groups excluding carboxylic acids is 1. The highest BCUT2D eigenvalue weighted by atomic mass is 32.2. The van der Waals surface area contributed by atoms with Crippen LogP contribution in [0.5, 0.6) is 0 Å². The Kier molecular flexibility index (Phi) is 10.3. The Morgan fingerprint density at radius 3 is 2.37 bits per heavy atom. The van der Waals surface area contributed by atoms with Gasteiger partial charge in [-0.15, -0.1) is 0 Å². The summed E-state index contributed by atoms with van der Waals surface area (Å²) in [5, 5.41) is 17.7. The highest BCUT2D eigenvalue weighted by molar-refractivity contribution is 7.89. The molecule has 4 N–H and O–H groups in total. The number of amides is 2. The zero-order valence-electron chi connectivity index (χ0n) is 24.7. The number of nitrogens with zero attached hydrogens (tertiary/aromatic N) is 1. The van der Waals surface area contributed by atoms with E-state index >= 15 is 4.39 Å². The van der Waals surface area contributed by atoms with E-state index in [1.165, 1.54) is 34.6 Å². The van der Waals surface area contributed by atoms with E-state index in [1.807, 2.05) is 0 Å². The Morgan fingerprint density at radius 1 is 0.957 bits per heavy atom. The van der Waals surface area contributed by atoms with Gasteiger partial charge >= 0.3 is 6.09 Å². The lowest BCUT2D eigenvalue weighted by molar-refractivity contribution is -0.118. The van der Waals surface area contributed by atoms with Gasteiger partial charge in [-0.1, -0.05) is 24.6 Å². The molecule has 0 radical (unpaired) electrons. The third-order valence-corrected chi connectivity index (χ3v) is 10.5. The van der Waals surface area contributed by atoms with E-state index in [-0.39, 0.29) is 47.0 Å². The van der Waals surface area contributed by atoms with Gasteiger partial charge < -0.3 is 21.1 Å². The number of benzene rings is 3. The largest absolute Gasteiger partial charge is 0.465 e. The summed E-state index contributed by atoms with van der Waals surface area (Å²) >= 11 is 0. The van der Waals surface area contributed by atoms with E-state index in [0.29, 0.717) is 25.6 Å². The van der Waals surface area contributed by atoms with Crippen LogP contribution in [0, 0.1) is 23.3 Å². The molecule has 14 heteroatoms. The van der Waals surface area contributed by atoms with Crippen LogP contribution in [0.25, 0.3) is 0 Å². The number of hydrogen-bond donors (Lipinski definition) is 4. The molecule has 2 heterocycles. The Balaban J connectivity index is 1.44. The standard InChI is InChI=1S/C32H34F4N4O5S/c33-21-9-7-19(8-10-21)29(20-14-22(34)16-23(35)15-20)30(39-32(42)43)31(41)38-28-6-3-5-27(36)26(28)12-11-25-17-37-24-4-1-2-13-46(44,45)40(25)18-24/h3,5-10,14-16,24-25,29-30,37,39H,1-2,4,11-13,17-18H2,(H,38,41)(H,42,43)/t24-,25+,29?,30?/m1/s1. The second-order valence-corrected chi connectivity index (χ2v) is 13.6. The summed E-state index contributed by atoms with van der Waals surface area (Å²) in [5.41, 5.74) is 0.168. The predicted octanol–water partition coefficient (Wildman–Crippen LogP) is 4.74. The number of piperazine rings is 1. The van der Waals surface area contributed by atoms with Gasteiger partial charge in [0.1, 0.15) is 29.3 Å². The molecule has 2 aliphatic rings. The number of nitrogens with one attached hydrogen (secondary N) is 3. The van der Waals surface area contributed by atoms with Crippen molar-refractivity contribution in [2.45, 2.75) is 56.1 Å². The van der Waals surface area contributed by atoms with Crippen LogP contribution >= 0.6 is 0 Å². The van der Waals surface area contributed by atoms with Crippen molar-refractivity contribution < 1.29 is 40.7 Å². The molecule has 0 aromatic heterocycles. The molecule has 0 spiro atoms. The first-order valence-corrected chi connectivity index (χ1v) is 16.5. The quantitative estimate of drug-likeness (QED) is 0.245. The molecule has 5 atom stereocenters. The summed E-state index contributed by atoms with van der Waals surface area (Å²) in [6.07, 6.45) is 0.872. The highest BCUT2D eigenvalue weighted by Gasteiger charge is 2.37. The molecule has 2 fully saturated rings. The number of sulfonamides is 1. The zero-order chi connectivity index (χ0) is 33.0. The van der Waals surface area contributed by atoms with Gasteiger partial charge in [0.25, 0.3) is 0 Å². The van der Waals surface area contributed by atoms with Crippen LogP contribution in [-0.2, 0) is 21.2 Å². The number of carboxylic acid groups (broad SMARTS) is 1. The third kappa shape index (κ3) is 7.85. The second-order valence-electron chi connectivity index (χ2n) is 11.6. The number of halogens is 4. The van der Waals surface area contributed by atoms with E-state index in [0.717, 1.165) is 37.1 Å². The van der Waals surface area contributed by atoms with Crippen molar-refractivity contribution in [2.75, 3.05) is 24.2 Å². The topological polar surface area (TPSA) is 128 Å². The fourth-order valence-electron chi connectivity index (χ4n) is 6.29. The Hall–Kier alpha value is -4.01. The van der Waals surface area contributed by atoms with Gasteiger partial charge in [-0.3, -0.25) is 4.79 Å². The molecule has 246 valence electrons. The molecular formula is C32H34F4N4O5S. The van der Waals surface area contributed by atoms with Crippen molar-refractivity contribution in [2.24, 2.45) is 0 Å². The van der Waals surface area contributed by atoms with Crippen LogP contribution in [0.1, 0.15) is 48.3 Å². The van der Waals surface area contributed by atoms with Crippen molar-refractivity contribution in [3.63, 3.8) is 0 Å². The average Bonchev–Trinajstić information content (AvgIpc) is 2.98. The molecule has 9 nitrogen and oxygen atoms in total. The second kappa shape index (κ2) is 14.2. The fourth-order valence-corrected chi connectivity index (χ4v) is 8.14. The van der Waals surface area contributed by atoms with Crippen LogP contribution in [0.4, 0.5) is 28.0 Å². The highest BCUT2D eigenvalue weighted by Crippen LogP contribution is 2.32. The van der Waals surface area contributed by atoms with E-state index in [4.69, 9.17) is 0 Å². The molecule has 2 amide bonds. The number of fused-ring (bicyclic) bond motifs is 2. The van der Waals surface area contributed by atoms with Crippen molar-refractivity contribution in [3.05, 3.63) is 101 Å². The summed E-state index contributed by atoms with van der Waals surface area (Å²) in [4.78, 5) is 25.7. The average molecular weight is 663 g/mol. The maximum absolute atomic E-state index is 15.3. The van der Waals surface area contributed by atoms with Crippen molar-refractivity contribution >= 4 is 27.7 Å². The molecule has 46 heavy (non-hydrogen) atoms. The van der Waals surface area contributed by atoms with Crippen molar-refractivity contribution in [1.29, 1.82) is 0 Å². The predicted molar refractivity (Wildman–Crippen MR) is 163 cm³/mol. The van der Waals surface area contributed by atoms with Crippen LogP contribution in [-0.4, -0.2) is 66.8 Å². The molecular weight excluding hydrogens is 628 g/mol. The number of anilines is 1. The number of hydrogen-bond acceptors (Lipinski definition) is 5. The molecule has 3 unspecified atom stereocenters. The van der Waals surface area contributed by atoms with Crippen LogP contribution in [0.15, 0.2) is 60.7 Å². The zero-order valence-corrected chi connectivity index (χ0v) is 25.5. The van der Waals surface area contributed by atoms with Crippen LogP contribution in [0.3, 0.4) is 0 Å². The molecule has 2 aliphatic heterocycles. The monoisotopic (exact) mass is 662 g/mol. The first kappa shape index (κ1) is 33.4. The first-order chi connectivity index (χ1) is 21.9. The normalized spacial score (nSPS) is 22.1. The van der Waals surface area contributed by atoms with Gasteiger partial charge in [-0.25, -0.2) is 30.8 Å². The summed E-state index contributed by atoms with van der Waals surface area (Å²) in [7, 11) is -3.51. The molecule has 5 rings (SSSR count). The molecule has 2 saturated heterocycles. The molecule has 3 aromatic rings. The smallest absolute Gasteiger partial charge is 0.405 e. The Labute approximate surface area is 264 Å². The van der Waals surface area contributed by atoms with E-state index in [2.05, 4.69) is 16.0 Å². The minimum atomic E-state index is -3.51. The Bertz CT molecular complexity index is 1670. The fraction of sp³-hybridized carbons (Fsp3) is 0.375. The summed E-state index contributed by atoms with van der Waals surface area (Å²) < 4.78 is 85.3. The lowest BCUT2D eigenvalue weighted by Crippen LogP contribution is -2.59. The minimum Gasteiger partial charge on any atom is -0.465 e. The van der Waals surface area contributed by atoms with Gasteiger partial charge in [-0.2, -0.15) is 4.31 Å². The molecule has 0 aliphatic carbocycles. The minimum absolute atomic E-state index is 0.0163. The van der Waals surface area contributed by atoms with E-state index < -0.39 is 63.3 Å². The summed E-state index contributed by atoms with van der Waals surface area (Å²) in [6, 6.07) is 9.00. The van der Waals surface area contributed by atoms with Crippen molar-refractivity contribution in [3.8, 4) is 0 Å². The first-order valence-electron chi connectivity index (χ1n) is 14.9. The third-order valence-electron chi connectivity index (χ3n) is 8.48. The van der Waals surface area contributed by atoms with Gasteiger partial charge in [0.05, 0.1) is 5.75 Å². The lowest BCUT2D eigenvalue weighted by Gasteiger charge is -2.41. The SMILES string of the molecule is O=C(O)NC(C(=O)Nc1cccc(F)c1CC[C@H]1CN[C@@H]2CCCCS(=O)(=O)N1C2)C(c1ccc(F)cc1)c1cc(F)cc(F)c1. The van der Waals surface area contributed by atoms with Gasteiger partial charge in [0.15, 0.2) is 0 Å². The van der Waals surface area contributed by atoms with Gasteiger partial charge in [0.2, 0.25) is 15.9 Å². The molecule has 2 bridgehead atoms. The molecule has 0 saturated carbocycles. The maximum atomic E-state index is 15.3.